The summed E-state index contributed by atoms with van der Waals surface area (Å²) in [5.74, 6) is 0.461. The monoisotopic (exact) mass is 399 g/mol. The van der Waals surface area contributed by atoms with Crippen LogP contribution in [0.1, 0.15) is 49.7 Å². The zero-order valence-electron chi connectivity index (χ0n) is 16.8. The number of carbonyl (C=O) groups is 2. The van der Waals surface area contributed by atoms with Gasteiger partial charge in [-0.2, -0.15) is 0 Å². The predicted molar refractivity (Wildman–Crippen MR) is 116 cm³/mol. The highest BCUT2D eigenvalue weighted by atomic mass is 32.1. The van der Waals surface area contributed by atoms with Crippen molar-refractivity contribution in [1.82, 2.24) is 4.90 Å². The van der Waals surface area contributed by atoms with Crippen LogP contribution in [0.25, 0.3) is 0 Å². The number of nitrogens with one attached hydrogen (secondary N) is 2. The van der Waals surface area contributed by atoms with Crippen molar-refractivity contribution in [2.24, 2.45) is 5.92 Å². The van der Waals surface area contributed by atoms with E-state index in [4.69, 9.17) is 0 Å². The summed E-state index contributed by atoms with van der Waals surface area (Å²) in [6, 6.07) is 11.8. The molecule has 28 heavy (non-hydrogen) atoms. The maximum Gasteiger partial charge on any atom is 0.265 e. The summed E-state index contributed by atoms with van der Waals surface area (Å²) in [4.78, 5) is 27.7. The van der Waals surface area contributed by atoms with Gasteiger partial charge in [-0.25, -0.2) is 0 Å². The van der Waals surface area contributed by atoms with Crippen molar-refractivity contribution in [3.63, 3.8) is 0 Å². The predicted octanol–water partition coefficient (Wildman–Crippen LogP) is 4.84. The van der Waals surface area contributed by atoms with Gasteiger partial charge in [-0.3, -0.25) is 14.5 Å². The van der Waals surface area contributed by atoms with Gasteiger partial charge >= 0.3 is 0 Å². The zero-order chi connectivity index (χ0) is 20.1. The van der Waals surface area contributed by atoms with Crippen LogP contribution in [0.5, 0.6) is 0 Å². The smallest absolute Gasteiger partial charge is 0.265 e. The van der Waals surface area contributed by atoms with E-state index >= 15 is 0 Å². The molecule has 150 valence electrons. The number of thiophene rings is 1. The Balaban J connectivity index is 1.54. The average Bonchev–Trinajstić information content (AvgIpc) is 3.38. The van der Waals surface area contributed by atoms with Gasteiger partial charge in [0.25, 0.3) is 5.91 Å². The van der Waals surface area contributed by atoms with Gasteiger partial charge in [0.15, 0.2) is 0 Å². The van der Waals surface area contributed by atoms with E-state index in [1.165, 1.54) is 24.2 Å². The van der Waals surface area contributed by atoms with Gasteiger partial charge in [-0.1, -0.05) is 26.3 Å². The second-order valence-corrected chi connectivity index (χ2v) is 8.53. The lowest BCUT2D eigenvalue weighted by Crippen LogP contribution is -2.43. The summed E-state index contributed by atoms with van der Waals surface area (Å²) in [6.07, 6.45) is 3.49. The first kappa shape index (κ1) is 20.6. The number of hydrogen-bond donors (Lipinski definition) is 2. The van der Waals surface area contributed by atoms with E-state index in [2.05, 4.69) is 36.3 Å². The van der Waals surface area contributed by atoms with E-state index in [1.807, 2.05) is 35.7 Å². The van der Waals surface area contributed by atoms with Crippen molar-refractivity contribution in [2.45, 2.75) is 52.1 Å². The third-order valence-corrected chi connectivity index (χ3v) is 6.37. The fraction of sp³-hybridized carbons (Fsp3) is 0.455. The molecule has 0 aliphatic heterocycles. The van der Waals surface area contributed by atoms with Gasteiger partial charge in [0.05, 0.1) is 11.4 Å². The largest absolute Gasteiger partial charge is 0.325 e. The van der Waals surface area contributed by atoms with Gasteiger partial charge in [0.2, 0.25) is 5.91 Å². The molecule has 1 aliphatic carbocycles. The van der Waals surface area contributed by atoms with Crippen LogP contribution < -0.4 is 10.6 Å². The first-order chi connectivity index (χ1) is 13.5. The molecule has 2 aromatic rings. The molecule has 2 N–H and O–H groups in total. The molecule has 2 atom stereocenters. The van der Waals surface area contributed by atoms with Crippen molar-refractivity contribution < 1.29 is 9.59 Å². The van der Waals surface area contributed by atoms with E-state index in [0.29, 0.717) is 35.1 Å². The Bertz CT molecular complexity index is 785. The number of benzene rings is 1. The van der Waals surface area contributed by atoms with E-state index in [9.17, 15) is 9.59 Å². The van der Waals surface area contributed by atoms with E-state index in [-0.39, 0.29) is 11.8 Å². The van der Waals surface area contributed by atoms with Gasteiger partial charge in [0, 0.05) is 23.5 Å². The SMILES string of the molecule is CCC(C)C(C)N(CC(=O)Nc1ccc(NC(=O)c2cccs2)cc1)C1CC1. The minimum absolute atomic E-state index is 0.0115. The van der Waals surface area contributed by atoms with Crippen LogP contribution in [-0.4, -0.2) is 35.3 Å². The molecule has 3 rings (SSSR count). The lowest BCUT2D eigenvalue weighted by Gasteiger charge is -2.32. The highest BCUT2D eigenvalue weighted by Crippen LogP contribution is 2.31. The molecule has 5 nitrogen and oxygen atoms in total. The molecule has 1 aromatic carbocycles. The second kappa shape index (κ2) is 9.34. The van der Waals surface area contributed by atoms with Crippen molar-refractivity contribution >= 4 is 34.5 Å². The van der Waals surface area contributed by atoms with Crippen LogP contribution in [0, 0.1) is 5.92 Å². The fourth-order valence-electron chi connectivity index (χ4n) is 3.28. The number of amides is 2. The summed E-state index contributed by atoms with van der Waals surface area (Å²) in [5.41, 5.74) is 1.45. The molecule has 0 saturated heterocycles. The quantitative estimate of drug-likeness (QED) is 0.634. The molecule has 1 fully saturated rings. The minimum atomic E-state index is -0.120. The van der Waals surface area contributed by atoms with Crippen LogP contribution in [0.15, 0.2) is 41.8 Å². The fourth-order valence-corrected chi connectivity index (χ4v) is 3.90. The summed E-state index contributed by atoms with van der Waals surface area (Å²) in [7, 11) is 0. The molecule has 1 heterocycles. The number of nitrogens with zero attached hydrogens (tertiary/aromatic N) is 1. The Labute approximate surface area is 171 Å². The summed E-state index contributed by atoms with van der Waals surface area (Å²) >= 11 is 1.41. The van der Waals surface area contributed by atoms with E-state index in [0.717, 1.165) is 12.1 Å². The van der Waals surface area contributed by atoms with Gasteiger partial charge in [0.1, 0.15) is 0 Å². The number of rotatable bonds is 9. The summed E-state index contributed by atoms with van der Waals surface area (Å²) in [6.45, 7) is 7.10. The molecule has 1 aliphatic rings. The van der Waals surface area contributed by atoms with Crippen LogP contribution in [0.3, 0.4) is 0 Å². The van der Waals surface area contributed by atoms with Crippen LogP contribution in [0.2, 0.25) is 0 Å². The number of carbonyl (C=O) groups excluding carboxylic acids is 2. The summed E-state index contributed by atoms with van der Waals surface area (Å²) < 4.78 is 0. The third-order valence-electron chi connectivity index (χ3n) is 5.50. The first-order valence-corrected chi connectivity index (χ1v) is 10.9. The molecule has 1 aromatic heterocycles. The highest BCUT2D eigenvalue weighted by molar-refractivity contribution is 7.12. The maximum absolute atomic E-state index is 12.6. The van der Waals surface area contributed by atoms with Crippen molar-refractivity contribution in [3.05, 3.63) is 46.7 Å². The topological polar surface area (TPSA) is 61.4 Å². The van der Waals surface area contributed by atoms with E-state index in [1.54, 1.807) is 6.07 Å². The van der Waals surface area contributed by atoms with Crippen molar-refractivity contribution in [1.29, 1.82) is 0 Å². The van der Waals surface area contributed by atoms with Gasteiger partial charge in [-0.15, -0.1) is 11.3 Å². The second-order valence-electron chi connectivity index (χ2n) is 7.59. The summed E-state index contributed by atoms with van der Waals surface area (Å²) in [5, 5.41) is 7.72. The molecule has 6 heteroatoms. The lowest BCUT2D eigenvalue weighted by molar-refractivity contribution is -0.118. The minimum Gasteiger partial charge on any atom is -0.325 e. The Morgan fingerprint density at radius 1 is 1.11 bits per heavy atom. The number of anilines is 2. The van der Waals surface area contributed by atoms with Gasteiger partial charge in [-0.05, 0) is 61.4 Å². The van der Waals surface area contributed by atoms with Crippen LogP contribution in [-0.2, 0) is 4.79 Å². The zero-order valence-corrected chi connectivity index (χ0v) is 17.6. The Hall–Kier alpha value is -2.18. The first-order valence-electron chi connectivity index (χ1n) is 9.98. The van der Waals surface area contributed by atoms with Crippen LogP contribution in [0.4, 0.5) is 11.4 Å². The lowest BCUT2D eigenvalue weighted by atomic mass is 9.99. The molecule has 0 bridgehead atoms. The Morgan fingerprint density at radius 2 is 1.75 bits per heavy atom. The molecule has 1 saturated carbocycles. The Kier molecular flexibility index (Phi) is 6.86. The van der Waals surface area contributed by atoms with Crippen molar-refractivity contribution in [3.8, 4) is 0 Å². The Morgan fingerprint density at radius 3 is 2.29 bits per heavy atom. The molecule has 2 amide bonds. The molecule has 2 unspecified atom stereocenters. The van der Waals surface area contributed by atoms with Crippen LogP contribution >= 0.6 is 11.3 Å². The maximum atomic E-state index is 12.6. The number of hydrogen-bond acceptors (Lipinski definition) is 4. The molecule has 0 spiro atoms. The van der Waals surface area contributed by atoms with E-state index < -0.39 is 0 Å². The van der Waals surface area contributed by atoms with Crippen molar-refractivity contribution in [2.75, 3.05) is 17.2 Å². The van der Waals surface area contributed by atoms with Gasteiger partial charge < -0.3 is 10.6 Å². The molecular weight excluding hydrogens is 370 g/mol. The highest BCUT2D eigenvalue weighted by Gasteiger charge is 2.34. The molecule has 0 radical (unpaired) electrons. The average molecular weight is 400 g/mol. The third kappa shape index (κ3) is 5.42. The standard InChI is InChI=1S/C22H29N3O2S/c1-4-15(2)16(3)25(19-11-12-19)14-21(26)23-17-7-9-18(10-8-17)24-22(27)20-6-5-13-28-20/h5-10,13,15-16,19H,4,11-12,14H2,1-3H3,(H,23,26)(H,24,27). The molecular formula is C22H29N3O2S. The normalized spacial score (nSPS) is 15.9.